The number of hydrogen-bond acceptors (Lipinski definition) is 6. The van der Waals surface area contributed by atoms with Gasteiger partial charge < -0.3 is 14.6 Å². The van der Waals surface area contributed by atoms with Crippen molar-refractivity contribution in [3.05, 3.63) is 0 Å². The summed E-state index contributed by atoms with van der Waals surface area (Å²) in [6.07, 6.45) is 0.533. The summed E-state index contributed by atoms with van der Waals surface area (Å²) < 4.78 is 37.9. The Kier molecular flexibility index (Phi) is 6.53. The molecule has 1 aliphatic carbocycles. The maximum absolute atomic E-state index is 12.9. The van der Waals surface area contributed by atoms with E-state index in [0.717, 1.165) is 12.8 Å². The van der Waals surface area contributed by atoms with E-state index in [-0.39, 0.29) is 19.6 Å². The van der Waals surface area contributed by atoms with E-state index >= 15 is 0 Å². The van der Waals surface area contributed by atoms with E-state index in [1.54, 1.807) is 6.92 Å². The summed E-state index contributed by atoms with van der Waals surface area (Å²) in [5.41, 5.74) is 0. The van der Waals surface area contributed by atoms with Crippen molar-refractivity contribution >= 4 is 18.0 Å². The van der Waals surface area contributed by atoms with Gasteiger partial charge in [-0.3, -0.25) is 14.6 Å². The van der Waals surface area contributed by atoms with E-state index in [1.807, 2.05) is 0 Å². The second-order valence-corrected chi connectivity index (χ2v) is 9.16. The lowest BCUT2D eigenvalue weighted by Gasteiger charge is -2.41. The summed E-state index contributed by atoms with van der Waals surface area (Å²) in [4.78, 5) is 49.6. The lowest BCUT2D eigenvalue weighted by molar-refractivity contribution is -0.157. The first-order valence-corrected chi connectivity index (χ1v) is 11.3. The number of hydroxylamine groups is 2. The summed E-state index contributed by atoms with van der Waals surface area (Å²) >= 11 is 0. The predicted molar refractivity (Wildman–Crippen MR) is 106 cm³/mol. The van der Waals surface area contributed by atoms with Crippen molar-refractivity contribution in [1.82, 2.24) is 24.7 Å². The van der Waals surface area contributed by atoms with Crippen molar-refractivity contribution in [2.24, 2.45) is 0 Å². The fourth-order valence-electron chi connectivity index (χ4n) is 5.28. The molecule has 3 aliphatic heterocycles. The second-order valence-electron chi connectivity index (χ2n) is 9.16. The number of fused-ring (bicyclic) bond motifs is 1. The summed E-state index contributed by atoms with van der Waals surface area (Å²) in [6.45, 7) is 2.16. The van der Waals surface area contributed by atoms with Crippen LogP contribution in [0, 0.1) is 0 Å². The minimum Gasteiger partial charge on any atom is -0.309 e. The molecule has 4 fully saturated rings. The number of nitrogens with zero attached hydrogens (tertiary/aromatic N) is 5. The number of amides is 4. The molecule has 3 heterocycles. The van der Waals surface area contributed by atoms with Gasteiger partial charge in [0.15, 0.2) is 0 Å². The number of halogens is 3. The minimum atomic E-state index is -4.31. The zero-order chi connectivity index (χ0) is 23.0. The van der Waals surface area contributed by atoms with Gasteiger partial charge in [0.05, 0.1) is 6.54 Å². The van der Waals surface area contributed by atoms with Gasteiger partial charge in [-0.15, -0.1) is 0 Å². The van der Waals surface area contributed by atoms with Crippen LogP contribution in [0.25, 0.3) is 0 Å². The molecule has 4 amide bonds. The molecule has 0 aromatic carbocycles. The van der Waals surface area contributed by atoms with Crippen molar-refractivity contribution < 1.29 is 32.4 Å². The molecule has 0 N–H and O–H groups in total. The van der Waals surface area contributed by atoms with Crippen LogP contribution in [-0.4, -0.2) is 113 Å². The van der Waals surface area contributed by atoms with Gasteiger partial charge in [-0.05, 0) is 19.8 Å². The average molecular weight is 461 g/mol. The number of alkyl halides is 3. The first-order chi connectivity index (χ1) is 15.1. The summed E-state index contributed by atoms with van der Waals surface area (Å²) in [5, 5.41) is 0.534. The van der Waals surface area contributed by atoms with E-state index < -0.39 is 42.8 Å². The molecule has 0 bridgehead atoms. The number of rotatable bonds is 3. The van der Waals surface area contributed by atoms with Crippen LogP contribution >= 0.6 is 0 Å². The molecular weight excluding hydrogens is 431 g/mol. The Morgan fingerprint density at radius 1 is 1.03 bits per heavy atom. The van der Waals surface area contributed by atoms with E-state index in [9.17, 15) is 27.6 Å². The molecule has 2 unspecified atom stereocenters. The van der Waals surface area contributed by atoms with Crippen molar-refractivity contribution in [1.29, 1.82) is 0 Å². The molecule has 0 aromatic heterocycles. The highest BCUT2D eigenvalue weighted by Gasteiger charge is 2.51. The predicted octanol–water partition coefficient (Wildman–Crippen LogP) is 1.89. The topological polar surface area (TPSA) is 76.6 Å². The Morgan fingerprint density at radius 2 is 1.75 bits per heavy atom. The van der Waals surface area contributed by atoms with Crippen LogP contribution < -0.4 is 0 Å². The number of hydrogen-bond donors (Lipinski definition) is 0. The Balaban J connectivity index is 1.34. The molecule has 1 saturated carbocycles. The van der Waals surface area contributed by atoms with Crippen molar-refractivity contribution in [3.8, 4) is 0 Å². The number of urea groups is 1. The monoisotopic (exact) mass is 461 g/mol. The fraction of sp³-hybridized carbons (Fsp3) is 0.850. The summed E-state index contributed by atoms with van der Waals surface area (Å²) in [5.74, 6) is -0.563. The maximum Gasteiger partial charge on any atom is 0.435 e. The van der Waals surface area contributed by atoms with E-state index in [4.69, 9.17) is 4.84 Å². The van der Waals surface area contributed by atoms with Gasteiger partial charge in [0.2, 0.25) is 0 Å². The Hall–Kier alpha value is -2.08. The van der Waals surface area contributed by atoms with Gasteiger partial charge >= 0.3 is 18.3 Å². The van der Waals surface area contributed by atoms with Gasteiger partial charge in [-0.25, -0.2) is 9.59 Å². The molecule has 2 atom stereocenters. The summed E-state index contributed by atoms with van der Waals surface area (Å²) in [6, 6.07) is -1.46. The molecule has 12 heteroatoms. The van der Waals surface area contributed by atoms with Gasteiger partial charge in [0.1, 0.15) is 6.04 Å². The fourth-order valence-corrected chi connectivity index (χ4v) is 5.28. The minimum absolute atomic E-state index is 0.0227. The summed E-state index contributed by atoms with van der Waals surface area (Å²) in [7, 11) is 0. The quantitative estimate of drug-likeness (QED) is 0.598. The van der Waals surface area contributed by atoms with Crippen LogP contribution in [0.1, 0.15) is 39.0 Å². The smallest absolute Gasteiger partial charge is 0.309 e. The molecule has 4 aliphatic rings. The first-order valence-electron chi connectivity index (χ1n) is 11.3. The van der Waals surface area contributed by atoms with Gasteiger partial charge in [0, 0.05) is 51.4 Å². The number of carbonyl (C=O) groups is 3. The van der Waals surface area contributed by atoms with Crippen LogP contribution in [0.3, 0.4) is 0 Å². The Bertz CT molecular complexity index is 745. The lowest BCUT2D eigenvalue weighted by atomic mass is 9.93. The molecule has 9 nitrogen and oxygen atoms in total. The molecule has 32 heavy (non-hydrogen) atoms. The van der Waals surface area contributed by atoms with E-state index in [0.29, 0.717) is 30.7 Å². The molecule has 0 aromatic rings. The molecule has 3 saturated heterocycles. The molecule has 180 valence electrons. The highest BCUT2D eigenvalue weighted by Crippen LogP contribution is 2.29. The van der Waals surface area contributed by atoms with Crippen LogP contribution in [-0.2, 0) is 9.63 Å². The lowest BCUT2D eigenvalue weighted by Crippen LogP contribution is -2.56. The number of imide groups is 1. The average Bonchev–Trinajstić information content (AvgIpc) is 2.97. The van der Waals surface area contributed by atoms with Gasteiger partial charge in [-0.1, -0.05) is 24.3 Å². The first kappa shape index (κ1) is 23.1. The molecule has 0 radical (unpaired) electrons. The normalized spacial score (nSPS) is 28.9. The standard InChI is InChI=1S/C20H30F3N5O4/c1-14-11-24(13-20(21,22)23)7-9-26(14)19(31)32-28-17(29)16-12-25(8-10-27(16)18(28)30)15-5-3-2-4-6-15/h14-16H,2-13H2,1H3. The third kappa shape index (κ3) is 4.80. The van der Waals surface area contributed by atoms with Crippen molar-refractivity contribution in [2.75, 3.05) is 45.8 Å². The van der Waals surface area contributed by atoms with Crippen LogP contribution in [0.5, 0.6) is 0 Å². The molecular formula is C20H30F3N5O4. The Labute approximate surface area is 184 Å². The Morgan fingerprint density at radius 3 is 2.41 bits per heavy atom. The van der Waals surface area contributed by atoms with Crippen LogP contribution in [0.15, 0.2) is 0 Å². The van der Waals surface area contributed by atoms with Gasteiger partial charge in [-0.2, -0.15) is 13.2 Å². The van der Waals surface area contributed by atoms with Gasteiger partial charge in [0.25, 0.3) is 5.91 Å². The largest absolute Gasteiger partial charge is 0.435 e. The van der Waals surface area contributed by atoms with E-state index in [1.165, 1.54) is 34.0 Å². The second kappa shape index (κ2) is 9.05. The zero-order valence-electron chi connectivity index (χ0n) is 18.2. The maximum atomic E-state index is 12.9. The molecule has 4 rings (SSSR count). The SMILES string of the molecule is CC1CN(CC(F)(F)F)CCN1C(=O)ON1C(=O)C2CN(C3CCCCC3)CCN2C1=O. The zero-order valence-corrected chi connectivity index (χ0v) is 18.2. The van der Waals surface area contributed by atoms with E-state index in [2.05, 4.69) is 4.90 Å². The van der Waals surface area contributed by atoms with Crippen LogP contribution in [0.2, 0.25) is 0 Å². The number of piperazine rings is 2. The van der Waals surface area contributed by atoms with Crippen molar-refractivity contribution in [2.45, 2.75) is 63.3 Å². The third-order valence-corrected chi connectivity index (χ3v) is 6.93. The third-order valence-electron chi connectivity index (χ3n) is 6.93. The molecule has 0 spiro atoms. The van der Waals surface area contributed by atoms with Crippen LogP contribution in [0.4, 0.5) is 22.8 Å². The highest BCUT2D eigenvalue weighted by atomic mass is 19.4. The highest BCUT2D eigenvalue weighted by molar-refractivity contribution is 6.04. The number of carbonyl (C=O) groups excluding carboxylic acids is 3. The van der Waals surface area contributed by atoms with Crippen molar-refractivity contribution in [3.63, 3.8) is 0 Å².